The van der Waals surface area contributed by atoms with E-state index in [4.69, 9.17) is 5.41 Å². The summed E-state index contributed by atoms with van der Waals surface area (Å²) in [5.41, 5.74) is 0.732. The summed E-state index contributed by atoms with van der Waals surface area (Å²) in [4.78, 5) is 22.9. The van der Waals surface area contributed by atoms with E-state index in [9.17, 15) is 9.59 Å². The first-order chi connectivity index (χ1) is 6.54. The maximum atomic E-state index is 11.5. The number of rotatable bonds is 0. The third-order valence-corrected chi connectivity index (χ3v) is 2.38. The highest BCUT2D eigenvalue weighted by Crippen LogP contribution is 2.13. The molecule has 1 aromatic rings. The van der Waals surface area contributed by atoms with Crippen LogP contribution in [0.2, 0.25) is 0 Å². The van der Waals surface area contributed by atoms with E-state index in [0.29, 0.717) is 11.4 Å². The number of nitrogens with one attached hydrogen (secondary N) is 1. The van der Waals surface area contributed by atoms with E-state index < -0.39 is 0 Å². The first-order valence-corrected chi connectivity index (χ1v) is 4.11. The quantitative estimate of drug-likeness (QED) is 0.616. The molecule has 1 N–H and O–H groups in total. The lowest BCUT2D eigenvalue weighted by Gasteiger charge is -2.05. The zero-order valence-electron chi connectivity index (χ0n) is 7.87. The Labute approximate surface area is 79.8 Å². The van der Waals surface area contributed by atoms with Gasteiger partial charge in [-0.2, -0.15) is 0 Å². The fraction of sp³-hybridized carbons (Fsp3) is 0.222. The van der Waals surface area contributed by atoms with Crippen LogP contribution in [0.15, 0.2) is 12.2 Å². The van der Waals surface area contributed by atoms with Gasteiger partial charge in [-0.25, -0.2) is 0 Å². The second-order valence-corrected chi connectivity index (χ2v) is 3.20. The second-order valence-electron chi connectivity index (χ2n) is 3.20. The molecule has 0 unspecified atom stereocenters. The Morgan fingerprint density at radius 3 is 1.71 bits per heavy atom. The fourth-order valence-electron chi connectivity index (χ4n) is 1.63. The van der Waals surface area contributed by atoms with E-state index in [2.05, 4.69) is 0 Å². The fourth-order valence-corrected chi connectivity index (χ4v) is 1.63. The highest BCUT2D eigenvalue weighted by atomic mass is 16.1. The second kappa shape index (κ2) is 2.54. The van der Waals surface area contributed by atoms with Crippen LogP contribution in [0.1, 0.15) is 21.0 Å². The van der Waals surface area contributed by atoms with Crippen molar-refractivity contribution >= 4 is 11.6 Å². The van der Waals surface area contributed by atoms with Crippen LogP contribution in [0, 0.1) is 5.41 Å². The summed E-state index contributed by atoms with van der Waals surface area (Å²) in [5.74, 6) is -0.451. The number of ketones is 2. The molecule has 5 nitrogen and oxygen atoms in total. The molecule has 1 heterocycles. The van der Waals surface area contributed by atoms with Crippen LogP contribution >= 0.6 is 0 Å². The molecule has 0 saturated carbocycles. The van der Waals surface area contributed by atoms with Crippen molar-refractivity contribution < 1.29 is 9.59 Å². The highest BCUT2D eigenvalue weighted by molar-refractivity contribution is 6.20. The SMILES string of the molecule is Cn1c2c(n(C)c1=N)C(=O)C=CC2=O. The smallest absolute Gasteiger partial charge is 0.204 e. The van der Waals surface area contributed by atoms with Gasteiger partial charge < -0.3 is 9.13 Å². The van der Waals surface area contributed by atoms with Gasteiger partial charge in [0, 0.05) is 14.1 Å². The van der Waals surface area contributed by atoms with E-state index >= 15 is 0 Å². The minimum Gasteiger partial charge on any atom is -0.310 e. The van der Waals surface area contributed by atoms with Crippen LogP contribution in [0.25, 0.3) is 0 Å². The summed E-state index contributed by atoms with van der Waals surface area (Å²) in [6, 6.07) is 0. The maximum Gasteiger partial charge on any atom is 0.204 e. The lowest BCUT2D eigenvalue weighted by atomic mass is 10.1. The van der Waals surface area contributed by atoms with Crippen LogP contribution in [-0.4, -0.2) is 20.7 Å². The van der Waals surface area contributed by atoms with Gasteiger partial charge in [0.2, 0.25) is 17.2 Å². The average Bonchev–Trinajstić information content (AvgIpc) is 2.38. The molecule has 0 saturated heterocycles. The lowest BCUT2D eigenvalue weighted by Crippen LogP contribution is -2.21. The van der Waals surface area contributed by atoms with Crippen LogP contribution in [0.4, 0.5) is 0 Å². The highest BCUT2D eigenvalue weighted by Gasteiger charge is 2.26. The molecule has 0 radical (unpaired) electrons. The van der Waals surface area contributed by atoms with Crippen LogP contribution in [0.3, 0.4) is 0 Å². The molecule has 0 aliphatic heterocycles. The van der Waals surface area contributed by atoms with Crippen LogP contribution < -0.4 is 5.62 Å². The minimum atomic E-state index is -0.226. The number of imidazole rings is 1. The van der Waals surface area contributed by atoms with Gasteiger partial charge in [-0.3, -0.25) is 15.0 Å². The Hall–Kier alpha value is -1.91. The summed E-state index contributed by atoms with van der Waals surface area (Å²) in [7, 11) is 3.21. The van der Waals surface area contributed by atoms with Crippen molar-refractivity contribution in [2.75, 3.05) is 0 Å². The maximum absolute atomic E-state index is 11.5. The van der Waals surface area contributed by atoms with Crippen molar-refractivity contribution in [3.8, 4) is 0 Å². The molecule has 0 bridgehead atoms. The normalized spacial score (nSPS) is 14.7. The molecule has 72 valence electrons. The number of fused-ring (bicyclic) bond motifs is 1. The number of aromatic nitrogens is 2. The zero-order valence-corrected chi connectivity index (χ0v) is 7.87. The summed E-state index contributed by atoms with van der Waals surface area (Å²) >= 11 is 0. The first kappa shape index (κ1) is 8.68. The topological polar surface area (TPSA) is 67.8 Å². The zero-order chi connectivity index (χ0) is 10.5. The van der Waals surface area contributed by atoms with E-state index in [1.54, 1.807) is 14.1 Å². The summed E-state index contributed by atoms with van der Waals surface area (Å²) in [6.45, 7) is 0. The van der Waals surface area contributed by atoms with Gasteiger partial charge in [-0.15, -0.1) is 0 Å². The van der Waals surface area contributed by atoms with Gasteiger partial charge in [0.15, 0.2) is 0 Å². The van der Waals surface area contributed by atoms with Gasteiger partial charge in [0.05, 0.1) is 0 Å². The summed E-state index contributed by atoms with van der Waals surface area (Å²) in [6.07, 6.45) is 2.48. The monoisotopic (exact) mass is 191 g/mol. The Morgan fingerprint density at radius 2 is 1.36 bits per heavy atom. The van der Waals surface area contributed by atoms with Crippen molar-refractivity contribution in [2.24, 2.45) is 14.1 Å². The van der Waals surface area contributed by atoms with Crippen molar-refractivity contribution in [3.63, 3.8) is 0 Å². The van der Waals surface area contributed by atoms with Gasteiger partial charge in [0.25, 0.3) is 0 Å². The minimum absolute atomic E-state index is 0.139. The number of carbonyl (C=O) groups is 2. The molecule has 14 heavy (non-hydrogen) atoms. The van der Waals surface area contributed by atoms with E-state index in [-0.39, 0.29) is 17.2 Å². The molecular weight excluding hydrogens is 182 g/mol. The van der Waals surface area contributed by atoms with Gasteiger partial charge in [-0.1, -0.05) is 0 Å². The molecule has 5 heteroatoms. The van der Waals surface area contributed by atoms with Crippen molar-refractivity contribution in [2.45, 2.75) is 0 Å². The van der Waals surface area contributed by atoms with Crippen molar-refractivity contribution in [3.05, 3.63) is 29.2 Å². The molecule has 0 aromatic carbocycles. The number of hydrogen-bond acceptors (Lipinski definition) is 3. The van der Waals surface area contributed by atoms with Crippen LogP contribution in [-0.2, 0) is 14.1 Å². The Kier molecular flexibility index (Phi) is 1.57. The molecule has 2 rings (SSSR count). The van der Waals surface area contributed by atoms with Gasteiger partial charge in [0.1, 0.15) is 11.4 Å². The van der Waals surface area contributed by atoms with Gasteiger partial charge >= 0.3 is 0 Å². The molecule has 0 amide bonds. The van der Waals surface area contributed by atoms with Crippen molar-refractivity contribution in [1.29, 1.82) is 5.41 Å². The lowest BCUT2D eigenvalue weighted by molar-refractivity contribution is 0.0984. The Morgan fingerprint density at radius 1 is 1.00 bits per heavy atom. The number of carbonyl (C=O) groups excluding carboxylic acids is 2. The molecule has 0 spiro atoms. The Balaban J connectivity index is 2.92. The third-order valence-electron chi connectivity index (χ3n) is 2.38. The predicted octanol–water partition coefficient (Wildman–Crippen LogP) is -0.222. The number of nitrogens with zero attached hydrogens (tertiary/aromatic N) is 2. The first-order valence-electron chi connectivity index (χ1n) is 4.11. The van der Waals surface area contributed by atoms with Gasteiger partial charge in [-0.05, 0) is 12.2 Å². The Bertz CT molecular complexity index is 486. The largest absolute Gasteiger partial charge is 0.310 e. The van der Waals surface area contributed by atoms with E-state index in [1.165, 1.54) is 21.3 Å². The van der Waals surface area contributed by atoms with E-state index in [0.717, 1.165) is 0 Å². The molecule has 1 aromatic heterocycles. The summed E-state index contributed by atoms with van der Waals surface area (Å²) in [5, 5.41) is 7.61. The molecular formula is C9H9N3O2. The molecule has 0 atom stereocenters. The predicted molar refractivity (Wildman–Crippen MR) is 48.0 cm³/mol. The summed E-state index contributed by atoms with van der Waals surface area (Å²) < 4.78 is 2.83. The standard InChI is InChI=1S/C9H9N3O2/c1-11-7-5(13)3-4-6(14)8(7)12(2)9(11)10/h3-4,10H,1-2H3. The van der Waals surface area contributed by atoms with Crippen molar-refractivity contribution in [1.82, 2.24) is 9.13 Å². The average molecular weight is 191 g/mol. The number of hydrogen-bond donors (Lipinski definition) is 1. The number of allylic oxidation sites excluding steroid dienone is 2. The van der Waals surface area contributed by atoms with E-state index in [1.807, 2.05) is 0 Å². The molecule has 0 fully saturated rings. The molecule has 1 aliphatic rings. The van der Waals surface area contributed by atoms with Crippen LogP contribution in [0.5, 0.6) is 0 Å². The molecule has 1 aliphatic carbocycles. The third kappa shape index (κ3) is 0.863.